The fraction of sp³-hybridized carbons (Fsp3) is 0.0909. The molecule has 1 heterocycles. The highest BCUT2D eigenvalue weighted by Gasteiger charge is 2.11. The SMILES string of the molecule is Cc1ccc2c(CC(=O)Nc3cccc4ccccc34)cc(=O)oc2c1. The Morgan fingerprint density at radius 2 is 1.77 bits per heavy atom. The van der Waals surface area contributed by atoms with Crippen LogP contribution in [-0.4, -0.2) is 5.91 Å². The fourth-order valence-electron chi connectivity index (χ4n) is 3.19. The van der Waals surface area contributed by atoms with Crippen molar-refractivity contribution in [3.05, 3.63) is 88.3 Å². The van der Waals surface area contributed by atoms with Gasteiger partial charge < -0.3 is 9.73 Å². The number of anilines is 1. The van der Waals surface area contributed by atoms with E-state index in [1.54, 1.807) is 0 Å². The number of nitrogens with one attached hydrogen (secondary N) is 1. The zero-order valence-electron chi connectivity index (χ0n) is 14.3. The normalized spacial score (nSPS) is 11.0. The minimum Gasteiger partial charge on any atom is -0.423 e. The predicted octanol–water partition coefficient (Wildman–Crippen LogP) is 4.44. The number of rotatable bonds is 3. The third-order valence-corrected chi connectivity index (χ3v) is 4.40. The summed E-state index contributed by atoms with van der Waals surface area (Å²) in [5, 5.41) is 5.78. The number of amides is 1. The second kappa shape index (κ2) is 6.48. The molecule has 4 rings (SSSR count). The molecule has 0 aliphatic carbocycles. The average molecular weight is 343 g/mol. The summed E-state index contributed by atoms with van der Waals surface area (Å²) in [6.07, 6.45) is 0.106. The summed E-state index contributed by atoms with van der Waals surface area (Å²) in [7, 11) is 0. The molecule has 1 aromatic heterocycles. The maximum absolute atomic E-state index is 12.6. The van der Waals surface area contributed by atoms with Crippen LogP contribution in [0.4, 0.5) is 5.69 Å². The van der Waals surface area contributed by atoms with E-state index in [1.165, 1.54) is 6.07 Å². The molecule has 3 aromatic carbocycles. The van der Waals surface area contributed by atoms with Crippen molar-refractivity contribution in [1.29, 1.82) is 0 Å². The number of carbonyl (C=O) groups is 1. The highest BCUT2D eigenvalue weighted by atomic mass is 16.4. The van der Waals surface area contributed by atoms with E-state index < -0.39 is 5.63 Å². The topological polar surface area (TPSA) is 59.3 Å². The van der Waals surface area contributed by atoms with Gasteiger partial charge in [-0.05, 0) is 35.6 Å². The van der Waals surface area contributed by atoms with E-state index in [4.69, 9.17) is 4.42 Å². The quantitative estimate of drug-likeness (QED) is 0.560. The van der Waals surface area contributed by atoms with E-state index in [9.17, 15) is 9.59 Å². The van der Waals surface area contributed by atoms with E-state index >= 15 is 0 Å². The van der Waals surface area contributed by atoms with Gasteiger partial charge in [-0.3, -0.25) is 4.79 Å². The van der Waals surface area contributed by atoms with Crippen LogP contribution in [-0.2, 0) is 11.2 Å². The monoisotopic (exact) mass is 343 g/mol. The highest BCUT2D eigenvalue weighted by Crippen LogP contribution is 2.24. The number of carbonyl (C=O) groups excluding carboxylic acids is 1. The number of hydrogen-bond donors (Lipinski definition) is 1. The third kappa shape index (κ3) is 3.09. The lowest BCUT2D eigenvalue weighted by Crippen LogP contribution is -2.16. The Morgan fingerprint density at radius 1 is 0.962 bits per heavy atom. The number of benzene rings is 3. The van der Waals surface area contributed by atoms with Crippen molar-refractivity contribution in [2.75, 3.05) is 5.32 Å². The van der Waals surface area contributed by atoms with Gasteiger partial charge >= 0.3 is 5.63 Å². The summed E-state index contributed by atoms with van der Waals surface area (Å²) in [6.45, 7) is 1.93. The Labute approximate surface area is 150 Å². The number of aryl methyl sites for hydroxylation is 1. The molecule has 0 saturated carbocycles. The zero-order valence-corrected chi connectivity index (χ0v) is 14.3. The molecule has 0 aliphatic heterocycles. The van der Waals surface area contributed by atoms with Gasteiger partial charge in [0.15, 0.2) is 0 Å². The van der Waals surface area contributed by atoms with Gasteiger partial charge in [-0.1, -0.05) is 48.5 Å². The molecule has 26 heavy (non-hydrogen) atoms. The summed E-state index contributed by atoms with van der Waals surface area (Å²) in [5.74, 6) is -0.172. The molecule has 0 aliphatic rings. The Kier molecular flexibility index (Phi) is 4.01. The van der Waals surface area contributed by atoms with Crippen molar-refractivity contribution in [2.24, 2.45) is 0 Å². The first-order valence-corrected chi connectivity index (χ1v) is 8.41. The molecule has 1 amide bonds. The predicted molar refractivity (Wildman–Crippen MR) is 104 cm³/mol. The van der Waals surface area contributed by atoms with Gasteiger partial charge in [-0.25, -0.2) is 4.79 Å². The molecule has 0 bridgehead atoms. The van der Waals surface area contributed by atoms with Crippen LogP contribution >= 0.6 is 0 Å². The van der Waals surface area contributed by atoms with Crippen LogP contribution in [0.25, 0.3) is 21.7 Å². The van der Waals surface area contributed by atoms with Crippen LogP contribution < -0.4 is 10.9 Å². The minimum absolute atomic E-state index is 0.106. The molecular weight excluding hydrogens is 326 g/mol. The van der Waals surface area contributed by atoms with Crippen LogP contribution in [0.15, 0.2) is 75.9 Å². The molecule has 0 saturated heterocycles. The van der Waals surface area contributed by atoms with Gasteiger partial charge in [0.2, 0.25) is 5.91 Å². The molecule has 4 heteroatoms. The summed E-state index contributed by atoms with van der Waals surface area (Å²) in [5.41, 5.74) is 2.48. The summed E-state index contributed by atoms with van der Waals surface area (Å²) in [6, 6.07) is 20.7. The molecule has 128 valence electrons. The van der Waals surface area contributed by atoms with Gasteiger partial charge in [-0.2, -0.15) is 0 Å². The standard InChI is InChI=1S/C22H17NO3/c1-14-9-10-18-16(13-22(25)26-20(18)11-14)12-21(24)23-19-8-4-6-15-5-2-3-7-17(15)19/h2-11,13H,12H2,1H3,(H,23,24). The van der Waals surface area contributed by atoms with Crippen molar-refractivity contribution in [3.63, 3.8) is 0 Å². The molecule has 1 N–H and O–H groups in total. The molecule has 0 radical (unpaired) electrons. The number of fused-ring (bicyclic) bond motifs is 2. The Bertz CT molecular complexity index is 1190. The van der Waals surface area contributed by atoms with Gasteiger partial charge in [0.05, 0.1) is 6.42 Å². The van der Waals surface area contributed by atoms with Crippen molar-refractivity contribution >= 4 is 33.3 Å². The van der Waals surface area contributed by atoms with E-state index in [1.807, 2.05) is 67.6 Å². The molecular formula is C22H17NO3. The Morgan fingerprint density at radius 3 is 2.65 bits per heavy atom. The van der Waals surface area contributed by atoms with E-state index in [0.29, 0.717) is 11.1 Å². The van der Waals surface area contributed by atoms with Crippen LogP contribution in [0, 0.1) is 6.92 Å². The second-order valence-electron chi connectivity index (χ2n) is 6.34. The molecule has 4 aromatic rings. The van der Waals surface area contributed by atoms with Crippen molar-refractivity contribution in [3.8, 4) is 0 Å². The van der Waals surface area contributed by atoms with E-state index in [0.717, 1.165) is 27.4 Å². The fourth-order valence-corrected chi connectivity index (χ4v) is 3.19. The van der Waals surface area contributed by atoms with Gasteiger partial charge in [0, 0.05) is 22.5 Å². The lowest BCUT2D eigenvalue weighted by Gasteiger charge is -2.10. The van der Waals surface area contributed by atoms with Gasteiger partial charge in [0.25, 0.3) is 0 Å². The molecule has 0 spiro atoms. The minimum atomic E-state index is -0.448. The highest BCUT2D eigenvalue weighted by molar-refractivity contribution is 6.03. The van der Waals surface area contributed by atoms with Crippen molar-refractivity contribution in [1.82, 2.24) is 0 Å². The number of hydrogen-bond acceptors (Lipinski definition) is 3. The largest absolute Gasteiger partial charge is 0.423 e. The van der Waals surface area contributed by atoms with Crippen LogP contribution in [0.3, 0.4) is 0 Å². The van der Waals surface area contributed by atoms with Crippen molar-refractivity contribution < 1.29 is 9.21 Å². The average Bonchev–Trinajstić information content (AvgIpc) is 2.61. The summed E-state index contributed by atoms with van der Waals surface area (Å²) in [4.78, 5) is 24.4. The maximum Gasteiger partial charge on any atom is 0.336 e. The van der Waals surface area contributed by atoms with Gasteiger partial charge in [0.1, 0.15) is 5.58 Å². The van der Waals surface area contributed by atoms with Crippen LogP contribution in [0.1, 0.15) is 11.1 Å². The van der Waals surface area contributed by atoms with Gasteiger partial charge in [-0.15, -0.1) is 0 Å². The molecule has 4 nitrogen and oxygen atoms in total. The van der Waals surface area contributed by atoms with Crippen LogP contribution in [0.2, 0.25) is 0 Å². The molecule has 0 fully saturated rings. The Balaban J connectivity index is 1.66. The molecule has 0 atom stereocenters. The second-order valence-corrected chi connectivity index (χ2v) is 6.34. The van der Waals surface area contributed by atoms with E-state index in [-0.39, 0.29) is 12.3 Å². The van der Waals surface area contributed by atoms with E-state index in [2.05, 4.69) is 5.32 Å². The maximum atomic E-state index is 12.6. The lowest BCUT2D eigenvalue weighted by molar-refractivity contribution is -0.115. The smallest absolute Gasteiger partial charge is 0.336 e. The Hall–Kier alpha value is -3.40. The summed E-state index contributed by atoms with van der Waals surface area (Å²) >= 11 is 0. The lowest BCUT2D eigenvalue weighted by atomic mass is 10.0. The third-order valence-electron chi connectivity index (χ3n) is 4.40. The van der Waals surface area contributed by atoms with Crippen LogP contribution in [0.5, 0.6) is 0 Å². The summed E-state index contributed by atoms with van der Waals surface area (Å²) < 4.78 is 5.25. The zero-order chi connectivity index (χ0) is 18.1. The first-order valence-electron chi connectivity index (χ1n) is 8.41. The van der Waals surface area contributed by atoms with Crippen molar-refractivity contribution in [2.45, 2.75) is 13.3 Å². The first-order chi connectivity index (χ1) is 12.6. The first kappa shape index (κ1) is 16.1. The molecule has 0 unspecified atom stereocenters.